The Labute approximate surface area is 115 Å². The lowest BCUT2D eigenvalue weighted by Crippen LogP contribution is -2.12. The molecule has 0 bridgehead atoms. The summed E-state index contributed by atoms with van der Waals surface area (Å²) < 4.78 is 1.96. The summed E-state index contributed by atoms with van der Waals surface area (Å²) >= 11 is 0. The Morgan fingerprint density at radius 3 is 2.58 bits per heavy atom. The molecule has 0 aliphatic carbocycles. The Kier molecular flexibility index (Phi) is 4.40. The maximum atomic E-state index is 4.53. The quantitative estimate of drug-likeness (QED) is 0.857. The van der Waals surface area contributed by atoms with Crippen LogP contribution in [0, 0.1) is 5.92 Å². The Balaban J connectivity index is 2.14. The molecule has 0 saturated heterocycles. The number of hydrogen-bond donors (Lipinski definition) is 1. The van der Waals surface area contributed by atoms with E-state index >= 15 is 0 Å². The van der Waals surface area contributed by atoms with Crippen LogP contribution in [0.1, 0.15) is 46.6 Å². The fraction of sp³-hybridized carbons (Fsp3) is 0.600. The van der Waals surface area contributed by atoms with Crippen molar-refractivity contribution >= 4 is 16.7 Å². The minimum absolute atomic E-state index is 0.341. The number of nitrogens with one attached hydrogen (secondary N) is 1. The van der Waals surface area contributed by atoms with E-state index < -0.39 is 0 Å². The number of aromatic nitrogens is 3. The highest BCUT2D eigenvalue weighted by Gasteiger charge is 2.08. The first kappa shape index (κ1) is 13.8. The lowest BCUT2D eigenvalue weighted by Gasteiger charge is -2.14. The van der Waals surface area contributed by atoms with Crippen molar-refractivity contribution in [1.29, 1.82) is 0 Å². The average molecular weight is 260 g/mol. The van der Waals surface area contributed by atoms with Crippen LogP contribution in [0.5, 0.6) is 0 Å². The molecule has 0 fully saturated rings. The minimum atomic E-state index is 0.341. The second kappa shape index (κ2) is 6.04. The molecule has 0 aliphatic rings. The van der Waals surface area contributed by atoms with Crippen LogP contribution in [-0.2, 0) is 0 Å². The first-order valence-corrected chi connectivity index (χ1v) is 7.22. The van der Waals surface area contributed by atoms with Gasteiger partial charge in [-0.25, -0.2) is 9.67 Å². The zero-order valence-corrected chi connectivity index (χ0v) is 12.3. The van der Waals surface area contributed by atoms with Crippen LogP contribution in [-0.4, -0.2) is 21.3 Å². The molecule has 0 spiro atoms. The van der Waals surface area contributed by atoms with E-state index in [1.54, 1.807) is 0 Å². The van der Waals surface area contributed by atoms with Crippen LogP contribution in [0.25, 0.3) is 11.0 Å². The highest BCUT2D eigenvalue weighted by Crippen LogP contribution is 2.19. The van der Waals surface area contributed by atoms with E-state index in [4.69, 9.17) is 0 Å². The summed E-state index contributed by atoms with van der Waals surface area (Å²) in [6.45, 7) is 9.73. The molecule has 4 nitrogen and oxygen atoms in total. The van der Waals surface area contributed by atoms with Gasteiger partial charge in [0.05, 0.1) is 18.1 Å². The molecule has 4 heteroatoms. The van der Waals surface area contributed by atoms with Crippen molar-refractivity contribution in [2.75, 3.05) is 11.9 Å². The van der Waals surface area contributed by atoms with Crippen molar-refractivity contribution in [1.82, 2.24) is 14.8 Å². The van der Waals surface area contributed by atoms with Gasteiger partial charge in [-0.15, -0.1) is 0 Å². The van der Waals surface area contributed by atoms with Gasteiger partial charge in [-0.1, -0.05) is 26.7 Å². The van der Waals surface area contributed by atoms with Gasteiger partial charge in [0, 0.05) is 18.0 Å². The molecule has 0 aliphatic heterocycles. The Morgan fingerprint density at radius 1 is 1.21 bits per heavy atom. The smallest absolute Gasteiger partial charge is 0.158 e. The maximum Gasteiger partial charge on any atom is 0.158 e. The molecular weight excluding hydrogens is 236 g/mol. The van der Waals surface area contributed by atoms with Crippen molar-refractivity contribution in [2.24, 2.45) is 5.92 Å². The third kappa shape index (κ3) is 3.06. The van der Waals surface area contributed by atoms with Gasteiger partial charge in [0.25, 0.3) is 0 Å². The minimum Gasteiger partial charge on any atom is -0.384 e. The third-order valence-corrected chi connectivity index (χ3v) is 3.67. The van der Waals surface area contributed by atoms with Gasteiger partial charge in [0.1, 0.15) is 0 Å². The highest BCUT2D eigenvalue weighted by atomic mass is 15.3. The Hall–Kier alpha value is -1.58. The lowest BCUT2D eigenvalue weighted by molar-refractivity contribution is 0.519. The average Bonchev–Trinajstić information content (AvgIpc) is 2.83. The third-order valence-electron chi connectivity index (χ3n) is 3.67. The SMILES string of the molecule is CCC(CC)CNc1cnc2c(cnn2C(C)C)c1. The van der Waals surface area contributed by atoms with Gasteiger partial charge < -0.3 is 5.32 Å². The van der Waals surface area contributed by atoms with E-state index in [2.05, 4.69) is 49.2 Å². The molecule has 0 saturated carbocycles. The molecule has 2 heterocycles. The summed E-state index contributed by atoms with van der Waals surface area (Å²) in [4.78, 5) is 4.53. The summed E-state index contributed by atoms with van der Waals surface area (Å²) in [5.74, 6) is 0.731. The standard InChI is InChI=1S/C15H24N4/c1-5-12(6-2)8-16-14-7-13-9-18-19(11(3)4)15(13)17-10-14/h7,9-12,16H,5-6,8H2,1-4H3. The van der Waals surface area contributed by atoms with Gasteiger partial charge in [0.2, 0.25) is 0 Å². The first-order chi connectivity index (χ1) is 9.15. The van der Waals surface area contributed by atoms with Crippen LogP contribution in [0.3, 0.4) is 0 Å². The molecule has 2 aromatic rings. The largest absolute Gasteiger partial charge is 0.384 e. The van der Waals surface area contributed by atoms with Gasteiger partial charge in [-0.05, 0) is 25.8 Å². The fourth-order valence-corrected chi connectivity index (χ4v) is 2.25. The van der Waals surface area contributed by atoms with Crippen LogP contribution < -0.4 is 5.32 Å². The van der Waals surface area contributed by atoms with Crippen LogP contribution in [0.4, 0.5) is 5.69 Å². The van der Waals surface area contributed by atoms with E-state index in [9.17, 15) is 0 Å². The van der Waals surface area contributed by atoms with E-state index in [0.29, 0.717) is 6.04 Å². The number of fused-ring (bicyclic) bond motifs is 1. The van der Waals surface area contributed by atoms with Crippen LogP contribution in [0.15, 0.2) is 18.5 Å². The highest BCUT2D eigenvalue weighted by molar-refractivity contribution is 5.78. The van der Waals surface area contributed by atoms with Gasteiger partial charge in [-0.3, -0.25) is 0 Å². The second-order valence-electron chi connectivity index (χ2n) is 5.38. The molecule has 104 valence electrons. The van der Waals surface area contributed by atoms with E-state index in [0.717, 1.165) is 29.2 Å². The number of rotatable bonds is 6. The maximum absolute atomic E-state index is 4.53. The second-order valence-corrected chi connectivity index (χ2v) is 5.38. The molecule has 2 rings (SSSR count). The molecule has 0 atom stereocenters. The molecular formula is C15H24N4. The molecule has 2 aromatic heterocycles. The van der Waals surface area contributed by atoms with Crippen LogP contribution in [0.2, 0.25) is 0 Å². The van der Waals surface area contributed by atoms with E-state index in [1.807, 2.05) is 17.1 Å². The van der Waals surface area contributed by atoms with Crippen molar-refractivity contribution in [2.45, 2.75) is 46.6 Å². The molecule has 0 radical (unpaired) electrons. The van der Waals surface area contributed by atoms with E-state index in [1.165, 1.54) is 12.8 Å². The van der Waals surface area contributed by atoms with E-state index in [-0.39, 0.29) is 0 Å². The zero-order valence-electron chi connectivity index (χ0n) is 12.3. The van der Waals surface area contributed by atoms with Gasteiger partial charge in [-0.2, -0.15) is 5.10 Å². The fourth-order valence-electron chi connectivity index (χ4n) is 2.25. The summed E-state index contributed by atoms with van der Waals surface area (Å²) in [6.07, 6.45) is 6.23. The zero-order chi connectivity index (χ0) is 13.8. The summed E-state index contributed by atoms with van der Waals surface area (Å²) in [7, 11) is 0. The predicted molar refractivity (Wildman–Crippen MR) is 80.5 cm³/mol. The predicted octanol–water partition coefficient (Wildman–Crippen LogP) is 3.86. The van der Waals surface area contributed by atoms with Crippen molar-refractivity contribution in [3.63, 3.8) is 0 Å². The normalized spacial score (nSPS) is 11.7. The number of pyridine rings is 1. The summed E-state index contributed by atoms with van der Waals surface area (Å²) in [5.41, 5.74) is 2.05. The monoisotopic (exact) mass is 260 g/mol. The molecule has 0 amide bonds. The number of nitrogens with zero attached hydrogens (tertiary/aromatic N) is 3. The number of anilines is 1. The summed E-state index contributed by atoms with van der Waals surface area (Å²) in [5, 5.41) is 8.97. The topological polar surface area (TPSA) is 42.7 Å². The molecule has 0 aromatic carbocycles. The summed E-state index contributed by atoms with van der Waals surface area (Å²) in [6, 6.07) is 2.48. The molecule has 19 heavy (non-hydrogen) atoms. The lowest BCUT2D eigenvalue weighted by atomic mass is 10.0. The van der Waals surface area contributed by atoms with Crippen LogP contribution >= 0.6 is 0 Å². The van der Waals surface area contributed by atoms with Gasteiger partial charge in [0.15, 0.2) is 5.65 Å². The van der Waals surface area contributed by atoms with Crippen molar-refractivity contribution in [3.05, 3.63) is 18.5 Å². The molecule has 1 N–H and O–H groups in total. The first-order valence-electron chi connectivity index (χ1n) is 7.22. The van der Waals surface area contributed by atoms with Gasteiger partial charge >= 0.3 is 0 Å². The van der Waals surface area contributed by atoms with Crippen molar-refractivity contribution in [3.8, 4) is 0 Å². The molecule has 0 unspecified atom stereocenters. The van der Waals surface area contributed by atoms with Crippen molar-refractivity contribution < 1.29 is 0 Å². The Morgan fingerprint density at radius 2 is 1.95 bits per heavy atom. The number of hydrogen-bond acceptors (Lipinski definition) is 3. The Bertz CT molecular complexity index is 526.